The third-order valence-corrected chi connectivity index (χ3v) is 11.2. The Morgan fingerprint density at radius 1 is 1.02 bits per heavy atom. The summed E-state index contributed by atoms with van der Waals surface area (Å²) in [6.45, 7) is 12.1. The van der Waals surface area contributed by atoms with Gasteiger partial charge in [0.1, 0.15) is 24.6 Å². The summed E-state index contributed by atoms with van der Waals surface area (Å²) in [5, 5.41) is 14.2. The maximum Gasteiger partial charge on any atom is 0.408 e. The number of ketones is 2. The van der Waals surface area contributed by atoms with Crippen LogP contribution in [-0.4, -0.2) is 114 Å². The number of aliphatic hydroxyl groups is 1. The van der Waals surface area contributed by atoms with Crippen LogP contribution in [0.2, 0.25) is 0 Å². The van der Waals surface area contributed by atoms with Gasteiger partial charge in [-0.3, -0.25) is 9.59 Å². The number of alkyl halides is 1. The first-order chi connectivity index (χ1) is 24.8. The number of hydrogen-bond acceptors (Lipinski definition) is 11. The molecule has 2 N–H and O–H groups in total. The maximum atomic E-state index is 16.8. The van der Waals surface area contributed by atoms with Crippen LogP contribution >= 0.6 is 0 Å². The number of nitrogens with zero attached hydrogens (tertiary/aromatic N) is 1. The number of rotatable bonds is 7. The van der Waals surface area contributed by atoms with Crippen LogP contribution in [-0.2, 0) is 44.5 Å². The van der Waals surface area contributed by atoms with Gasteiger partial charge in [-0.2, -0.15) is 0 Å². The molecule has 4 rings (SSSR count). The third-order valence-electron chi connectivity index (χ3n) is 11.2. The zero-order chi connectivity index (χ0) is 39.5. The third kappa shape index (κ3) is 9.11. The highest BCUT2D eigenvalue weighted by molar-refractivity contribution is 6.08. The molecule has 294 valence electrons. The number of carbonyl (C=O) groups excluding carboxylic acids is 4. The van der Waals surface area contributed by atoms with Gasteiger partial charge in [-0.15, -0.1) is 0 Å². The van der Waals surface area contributed by atoms with Crippen LogP contribution in [0.3, 0.4) is 0 Å². The topological polar surface area (TPSA) is 150 Å². The first-order valence-corrected chi connectivity index (χ1v) is 18.5. The zero-order valence-corrected chi connectivity index (χ0v) is 32.6. The van der Waals surface area contributed by atoms with Gasteiger partial charge < -0.3 is 39.0 Å². The number of aliphatic hydroxyl groups excluding tert-OH is 1. The number of halogens is 1. The molecule has 3 aliphatic heterocycles. The van der Waals surface area contributed by atoms with Gasteiger partial charge in [0, 0.05) is 30.2 Å². The van der Waals surface area contributed by atoms with E-state index in [1.165, 1.54) is 13.8 Å². The number of Topliss-reactive ketones (excluding diaryl/α,β-unsaturated/α-hetero) is 2. The van der Waals surface area contributed by atoms with Crippen LogP contribution in [0, 0.1) is 29.6 Å². The summed E-state index contributed by atoms with van der Waals surface area (Å²) in [5.41, 5.74) is -5.29. The lowest BCUT2D eigenvalue weighted by molar-refractivity contribution is -0.296. The van der Waals surface area contributed by atoms with Crippen molar-refractivity contribution in [2.75, 3.05) is 20.7 Å². The Balaban J connectivity index is 1.82. The van der Waals surface area contributed by atoms with Crippen LogP contribution in [0.15, 0.2) is 30.3 Å². The SMILES string of the molecule is CC[C@H]1OC(=O)[C@@](C)(F)C(=O)[C@H](C)[C@@H](O[C@@H]2O[C@H](C)C[C@H](N(C)C)[C@H]2O)[C@](C)(OCC#CCc2ccccc2)C[C@@H](C)C(=O)[C@H](C)[C@H]2NC(=O)O[C@@]21C. The van der Waals surface area contributed by atoms with Crippen LogP contribution in [0.1, 0.15) is 80.2 Å². The minimum Gasteiger partial charge on any atom is -0.455 e. The van der Waals surface area contributed by atoms with E-state index in [9.17, 15) is 24.3 Å². The molecule has 3 saturated heterocycles. The van der Waals surface area contributed by atoms with E-state index in [0.717, 1.165) is 12.5 Å². The van der Waals surface area contributed by atoms with Crippen LogP contribution in [0.5, 0.6) is 0 Å². The van der Waals surface area contributed by atoms with Crippen molar-refractivity contribution in [2.45, 2.75) is 141 Å². The van der Waals surface area contributed by atoms with Gasteiger partial charge in [0.15, 0.2) is 17.7 Å². The number of likely N-dealkylation sites (N-methyl/N-ethyl adjacent to an activating group) is 1. The van der Waals surface area contributed by atoms with Gasteiger partial charge in [-0.1, -0.05) is 69.9 Å². The van der Waals surface area contributed by atoms with E-state index in [4.69, 9.17) is 23.7 Å². The molecular formula is C40H57FN2O10. The van der Waals surface area contributed by atoms with Crippen molar-refractivity contribution in [1.82, 2.24) is 10.2 Å². The van der Waals surface area contributed by atoms with Gasteiger partial charge in [-0.05, 0) is 66.6 Å². The summed E-state index contributed by atoms with van der Waals surface area (Å²) in [7, 11) is 3.64. The van der Waals surface area contributed by atoms with Crippen molar-refractivity contribution < 1.29 is 52.4 Å². The average molecular weight is 745 g/mol. The number of nitrogens with one attached hydrogen (secondary N) is 1. The van der Waals surface area contributed by atoms with Crippen molar-refractivity contribution in [2.24, 2.45) is 17.8 Å². The number of alkyl carbamates (subject to hydrolysis) is 1. The van der Waals surface area contributed by atoms with E-state index in [1.54, 1.807) is 27.7 Å². The molecular weight excluding hydrogens is 687 g/mol. The summed E-state index contributed by atoms with van der Waals surface area (Å²) in [5.74, 6) is 0.168. The average Bonchev–Trinajstić information content (AvgIpc) is 3.42. The molecule has 0 aromatic heterocycles. The van der Waals surface area contributed by atoms with Crippen molar-refractivity contribution in [3.8, 4) is 11.8 Å². The molecule has 13 heteroatoms. The van der Waals surface area contributed by atoms with Crippen molar-refractivity contribution in [1.29, 1.82) is 0 Å². The first kappa shape index (κ1) is 42.3. The normalized spacial score (nSPS) is 39.9. The second-order valence-electron chi connectivity index (χ2n) is 15.7. The zero-order valence-electron chi connectivity index (χ0n) is 32.6. The van der Waals surface area contributed by atoms with E-state index in [2.05, 4.69) is 17.2 Å². The Morgan fingerprint density at radius 3 is 2.30 bits per heavy atom. The summed E-state index contributed by atoms with van der Waals surface area (Å²) in [4.78, 5) is 56.8. The van der Waals surface area contributed by atoms with Gasteiger partial charge >= 0.3 is 12.1 Å². The van der Waals surface area contributed by atoms with Gasteiger partial charge in [0.05, 0.1) is 23.9 Å². The highest BCUT2D eigenvalue weighted by atomic mass is 19.1. The van der Waals surface area contributed by atoms with Crippen LogP contribution in [0.25, 0.3) is 0 Å². The highest BCUT2D eigenvalue weighted by Crippen LogP contribution is 2.41. The maximum absolute atomic E-state index is 16.8. The van der Waals surface area contributed by atoms with Crippen LogP contribution < -0.4 is 5.32 Å². The van der Waals surface area contributed by atoms with Crippen molar-refractivity contribution in [3.05, 3.63) is 35.9 Å². The molecule has 0 radical (unpaired) electrons. The molecule has 0 saturated carbocycles. The first-order valence-electron chi connectivity index (χ1n) is 18.5. The highest BCUT2D eigenvalue weighted by Gasteiger charge is 2.59. The number of benzene rings is 1. The Morgan fingerprint density at radius 2 is 1.68 bits per heavy atom. The molecule has 1 amide bonds. The lowest BCUT2D eigenvalue weighted by Crippen LogP contribution is -2.61. The molecule has 0 spiro atoms. The number of amides is 1. The summed E-state index contributed by atoms with van der Waals surface area (Å²) >= 11 is 0. The fraction of sp³-hybridized carbons (Fsp3) is 0.700. The number of cyclic esters (lactones) is 1. The Labute approximate surface area is 312 Å². The smallest absolute Gasteiger partial charge is 0.408 e. The quantitative estimate of drug-likeness (QED) is 0.235. The predicted octanol–water partition coefficient (Wildman–Crippen LogP) is 4.19. The second-order valence-corrected chi connectivity index (χ2v) is 15.7. The molecule has 3 heterocycles. The fourth-order valence-electron chi connectivity index (χ4n) is 8.14. The summed E-state index contributed by atoms with van der Waals surface area (Å²) in [6.07, 6.45) is -5.21. The largest absolute Gasteiger partial charge is 0.455 e. The van der Waals surface area contributed by atoms with E-state index < -0.39 is 83.1 Å². The molecule has 0 aliphatic carbocycles. The Kier molecular flexibility index (Phi) is 13.5. The van der Waals surface area contributed by atoms with Crippen molar-refractivity contribution >= 4 is 23.6 Å². The summed E-state index contributed by atoms with van der Waals surface area (Å²) in [6, 6.07) is 8.29. The monoisotopic (exact) mass is 744 g/mol. The Hall–Kier alpha value is -3.41. The molecule has 13 atom stereocenters. The number of hydrogen-bond donors (Lipinski definition) is 2. The van der Waals surface area contributed by atoms with E-state index >= 15 is 4.39 Å². The van der Waals surface area contributed by atoms with Crippen molar-refractivity contribution in [3.63, 3.8) is 0 Å². The second kappa shape index (κ2) is 16.9. The molecule has 3 fully saturated rings. The molecule has 53 heavy (non-hydrogen) atoms. The minimum atomic E-state index is -3.19. The summed E-state index contributed by atoms with van der Waals surface area (Å²) < 4.78 is 47.2. The number of carbonyl (C=O) groups is 4. The standard InChI is InChI=1S/C40H57FN2O10/c1-11-29-40(8)32(42-37(48)53-40)25(4)30(44)23(2)22-38(6,49-20-16-15-19-27-17-13-12-14-18-27)34(26(5)33(46)39(7,41)36(47)51-29)52-35-31(45)28(43(9)10)21-24(3)50-35/h12-14,17-18,23-26,28-29,31-32,34-35,45H,11,19-22H2,1-10H3,(H,42,48)/t23-,24-,25+,26+,28+,29-,31-,32-,34-,35+,38-,39+,40-/m1/s1. The van der Waals surface area contributed by atoms with E-state index in [0.29, 0.717) is 12.8 Å². The van der Waals surface area contributed by atoms with Gasteiger partial charge in [0.25, 0.3) is 5.67 Å². The molecule has 0 bridgehead atoms. The van der Waals surface area contributed by atoms with E-state index in [1.807, 2.05) is 56.3 Å². The predicted molar refractivity (Wildman–Crippen MR) is 193 cm³/mol. The molecule has 0 unspecified atom stereocenters. The molecule has 3 aliphatic rings. The number of ether oxygens (including phenoxy) is 5. The van der Waals surface area contributed by atoms with Gasteiger partial charge in [0.2, 0.25) is 0 Å². The number of esters is 1. The molecule has 1 aromatic rings. The lowest BCUT2D eigenvalue weighted by Gasteiger charge is -2.47. The fourth-order valence-corrected chi connectivity index (χ4v) is 8.14. The number of fused-ring (bicyclic) bond motifs is 1. The van der Waals surface area contributed by atoms with Gasteiger partial charge in [-0.25, -0.2) is 14.0 Å². The van der Waals surface area contributed by atoms with E-state index in [-0.39, 0.29) is 37.4 Å². The Bertz CT molecular complexity index is 1540. The molecule has 1 aromatic carbocycles. The lowest BCUT2D eigenvalue weighted by atomic mass is 9.73. The minimum absolute atomic E-state index is 0.0445. The molecule has 12 nitrogen and oxygen atoms in total. The van der Waals surface area contributed by atoms with Crippen LogP contribution in [0.4, 0.5) is 9.18 Å².